The molecule has 0 amide bonds. The van der Waals surface area contributed by atoms with Crippen molar-refractivity contribution in [2.24, 2.45) is 0 Å². The fraction of sp³-hybridized carbons (Fsp3) is 0.364. The van der Waals surface area contributed by atoms with E-state index in [-0.39, 0.29) is 11.1 Å². The third-order valence-corrected chi connectivity index (χ3v) is 7.60. The standard InChI is InChI=1S/C33H39NO3Si/c1-33(2,3)38-37-32(13-9-8-10-24-14-20-29(36-4)21-15-24)27-17-16-25-18-19-28(34-30(25)22-27)23-31(35)26-11-6-5-7-12-26/h5-7,11-12,14-22,31-32,35H,8-10,13,23H2,1-4H3. The number of fused-ring (bicyclic) bond motifs is 1. The van der Waals surface area contributed by atoms with Crippen LogP contribution < -0.4 is 4.74 Å². The maximum Gasteiger partial charge on any atom is 0.236 e. The first-order valence-corrected chi connectivity index (χ1v) is 14.4. The lowest BCUT2D eigenvalue weighted by molar-refractivity contribution is 0.177. The molecule has 4 aromatic rings. The van der Waals surface area contributed by atoms with E-state index >= 15 is 0 Å². The van der Waals surface area contributed by atoms with Crippen molar-refractivity contribution in [3.8, 4) is 5.75 Å². The van der Waals surface area contributed by atoms with Crippen LogP contribution in [0.25, 0.3) is 10.9 Å². The van der Waals surface area contributed by atoms with Crippen molar-refractivity contribution in [3.05, 3.63) is 107 Å². The Bertz CT molecular complexity index is 1290. The minimum Gasteiger partial charge on any atom is -0.497 e. The van der Waals surface area contributed by atoms with Crippen molar-refractivity contribution >= 4 is 20.7 Å². The van der Waals surface area contributed by atoms with E-state index in [2.05, 4.69) is 57.2 Å². The summed E-state index contributed by atoms with van der Waals surface area (Å²) in [5, 5.41) is 11.9. The molecule has 0 aliphatic rings. The van der Waals surface area contributed by atoms with Crippen LogP contribution in [0.1, 0.15) is 74.6 Å². The van der Waals surface area contributed by atoms with E-state index in [1.807, 2.05) is 48.5 Å². The Labute approximate surface area is 230 Å². The summed E-state index contributed by atoms with van der Waals surface area (Å²) in [7, 11) is 2.12. The number of ether oxygens (including phenoxy) is 1. The van der Waals surface area contributed by atoms with Crippen molar-refractivity contribution in [1.82, 2.24) is 4.98 Å². The van der Waals surface area contributed by atoms with E-state index in [0.29, 0.717) is 16.2 Å². The molecule has 0 bridgehead atoms. The molecule has 0 aliphatic carbocycles. The molecule has 1 heterocycles. The van der Waals surface area contributed by atoms with Gasteiger partial charge in [0.05, 0.1) is 24.8 Å². The van der Waals surface area contributed by atoms with Crippen LogP contribution in [0.3, 0.4) is 0 Å². The predicted molar refractivity (Wildman–Crippen MR) is 157 cm³/mol. The Morgan fingerprint density at radius 2 is 1.61 bits per heavy atom. The lowest BCUT2D eigenvalue weighted by atomic mass is 9.99. The zero-order valence-corrected chi connectivity index (χ0v) is 24.0. The molecule has 2 unspecified atom stereocenters. The van der Waals surface area contributed by atoms with Gasteiger partial charge in [-0.3, -0.25) is 4.98 Å². The summed E-state index contributed by atoms with van der Waals surface area (Å²) < 4.78 is 11.8. The van der Waals surface area contributed by atoms with E-state index in [0.717, 1.165) is 53.6 Å². The molecular weight excluding hydrogens is 486 g/mol. The Hall–Kier alpha value is -2.99. The first kappa shape index (κ1) is 28.0. The molecule has 1 aromatic heterocycles. The van der Waals surface area contributed by atoms with E-state index < -0.39 is 6.10 Å². The molecule has 5 heteroatoms. The van der Waals surface area contributed by atoms with Crippen molar-refractivity contribution in [3.63, 3.8) is 0 Å². The highest BCUT2D eigenvalue weighted by molar-refractivity contribution is 6.31. The first-order valence-electron chi connectivity index (χ1n) is 13.5. The van der Waals surface area contributed by atoms with Crippen LogP contribution in [-0.2, 0) is 17.3 Å². The fourth-order valence-corrected chi connectivity index (χ4v) is 5.22. The summed E-state index contributed by atoms with van der Waals surface area (Å²) >= 11 is 0. The number of unbranched alkanes of at least 4 members (excludes halogenated alkanes) is 1. The average molecular weight is 526 g/mol. The zero-order chi connectivity index (χ0) is 27.0. The van der Waals surface area contributed by atoms with Gasteiger partial charge >= 0.3 is 0 Å². The molecule has 2 radical (unpaired) electrons. The lowest BCUT2D eigenvalue weighted by Crippen LogP contribution is -2.16. The SMILES string of the molecule is COc1ccc(CCCCC(O[Si]C(C)(C)C)c2ccc3ccc(CC(O)c4ccccc4)nc3c2)cc1. The van der Waals surface area contributed by atoms with Crippen molar-refractivity contribution in [1.29, 1.82) is 0 Å². The van der Waals surface area contributed by atoms with Gasteiger partial charge < -0.3 is 14.3 Å². The highest BCUT2D eigenvalue weighted by atomic mass is 28.2. The molecule has 3 aromatic carbocycles. The number of methoxy groups -OCH3 is 1. The number of aromatic nitrogens is 1. The minimum atomic E-state index is -0.570. The predicted octanol–water partition coefficient (Wildman–Crippen LogP) is 7.83. The van der Waals surface area contributed by atoms with Gasteiger partial charge in [-0.2, -0.15) is 0 Å². The summed E-state index contributed by atoms with van der Waals surface area (Å²) in [5.74, 6) is 0.896. The van der Waals surface area contributed by atoms with E-state index in [4.69, 9.17) is 14.1 Å². The van der Waals surface area contributed by atoms with Gasteiger partial charge in [-0.05, 0) is 65.3 Å². The number of nitrogens with zero attached hydrogens (tertiary/aromatic N) is 1. The highest BCUT2D eigenvalue weighted by Crippen LogP contribution is 2.31. The molecule has 0 saturated heterocycles. The van der Waals surface area contributed by atoms with E-state index in [9.17, 15) is 5.11 Å². The number of aliphatic hydroxyl groups excluding tert-OH is 1. The summed E-state index contributed by atoms with van der Waals surface area (Å²) in [5.41, 5.74) is 5.26. The molecule has 0 saturated carbocycles. The number of aryl methyl sites for hydroxylation is 1. The molecule has 0 aliphatic heterocycles. The van der Waals surface area contributed by atoms with Crippen molar-refractivity contribution < 1.29 is 14.3 Å². The van der Waals surface area contributed by atoms with Crippen LogP contribution in [0.2, 0.25) is 5.04 Å². The second-order valence-electron chi connectivity index (χ2n) is 10.9. The maximum atomic E-state index is 10.7. The van der Waals surface area contributed by atoms with Crippen LogP contribution in [0, 0.1) is 0 Å². The van der Waals surface area contributed by atoms with Crippen LogP contribution in [0.5, 0.6) is 5.75 Å². The minimum absolute atomic E-state index is 0.0354. The monoisotopic (exact) mass is 525 g/mol. The van der Waals surface area contributed by atoms with Gasteiger partial charge in [-0.1, -0.05) is 87.9 Å². The molecule has 4 nitrogen and oxygen atoms in total. The Kier molecular flexibility index (Phi) is 9.73. The number of benzene rings is 3. The van der Waals surface area contributed by atoms with Crippen LogP contribution in [0.15, 0.2) is 84.9 Å². The molecule has 1 N–H and O–H groups in total. The number of aliphatic hydroxyl groups is 1. The van der Waals surface area contributed by atoms with Gasteiger partial charge in [0, 0.05) is 17.5 Å². The number of rotatable bonds is 12. The average Bonchev–Trinajstić information content (AvgIpc) is 2.92. The van der Waals surface area contributed by atoms with Crippen molar-refractivity contribution in [2.75, 3.05) is 7.11 Å². The third kappa shape index (κ3) is 8.25. The van der Waals surface area contributed by atoms with Crippen LogP contribution in [0.4, 0.5) is 0 Å². The topological polar surface area (TPSA) is 51.6 Å². The van der Waals surface area contributed by atoms with Gasteiger partial charge in [-0.25, -0.2) is 0 Å². The van der Waals surface area contributed by atoms with Gasteiger partial charge in [0.25, 0.3) is 0 Å². The highest BCUT2D eigenvalue weighted by Gasteiger charge is 2.20. The number of hydrogen-bond acceptors (Lipinski definition) is 4. The Balaban J connectivity index is 1.45. The molecule has 0 fully saturated rings. The Morgan fingerprint density at radius 1 is 0.868 bits per heavy atom. The van der Waals surface area contributed by atoms with Crippen LogP contribution in [-0.4, -0.2) is 27.0 Å². The molecular formula is C33H39NO3Si. The van der Waals surface area contributed by atoms with E-state index in [1.54, 1.807) is 7.11 Å². The van der Waals surface area contributed by atoms with Gasteiger partial charge in [-0.15, -0.1) is 0 Å². The number of hydrogen-bond donors (Lipinski definition) is 1. The summed E-state index contributed by atoms with van der Waals surface area (Å²) in [6.45, 7) is 6.66. The second-order valence-corrected chi connectivity index (χ2v) is 12.9. The number of pyridine rings is 1. The van der Waals surface area contributed by atoms with Gasteiger partial charge in [0.2, 0.25) is 9.76 Å². The molecule has 0 spiro atoms. The van der Waals surface area contributed by atoms with Crippen LogP contribution >= 0.6 is 0 Å². The smallest absolute Gasteiger partial charge is 0.236 e. The van der Waals surface area contributed by atoms with E-state index in [1.165, 1.54) is 11.1 Å². The normalized spacial score (nSPS) is 13.4. The Morgan fingerprint density at radius 3 is 2.32 bits per heavy atom. The van der Waals surface area contributed by atoms with Gasteiger partial charge in [0.1, 0.15) is 5.75 Å². The fourth-order valence-electron chi connectivity index (χ4n) is 4.47. The van der Waals surface area contributed by atoms with Gasteiger partial charge in [0.15, 0.2) is 0 Å². The summed E-state index contributed by atoms with van der Waals surface area (Å²) in [6, 6.07) is 28.7. The zero-order valence-electron chi connectivity index (χ0n) is 23.0. The molecule has 4 rings (SSSR count). The third-order valence-electron chi connectivity index (χ3n) is 6.58. The second kappa shape index (κ2) is 13.2. The quantitative estimate of drug-likeness (QED) is 0.151. The largest absolute Gasteiger partial charge is 0.497 e. The first-order chi connectivity index (χ1) is 18.3. The molecule has 38 heavy (non-hydrogen) atoms. The summed E-state index contributed by atoms with van der Waals surface area (Å²) in [4.78, 5) is 4.92. The maximum absolute atomic E-state index is 10.7. The lowest BCUT2D eigenvalue weighted by Gasteiger charge is -2.24. The molecule has 198 valence electrons. The molecule has 2 atom stereocenters. The summed E-state index contributed by atoms with van der Waals surface area (Å²) in [6.07, 6.45) is 4.16. The van der Waals surface area contributed by atoms with Crippen molar-refractivity contribution in [2.45, 2.75) is 70.1 Å².